The highest BCUT2D eigenvalue weighted by molar-refractivity contribution is 7.93. The Kier molecular flexibility index (Phi) is 5.83. The van der Waals surface area contributed by atoms with Crippen molar-refractivity contribution < 1.29 is 17.6 Å². The first-order valence-corrected chi connectivity index (χ1v) is 12.2. The highest BCUT2D eigenvalue weighted by Gasteiger charge is 2.39. The third-order valence-electron chi connectivity index (χ3n) is 5.37. The van der Waals surface area contributed by atoms with E-state index in [0.717, 1.165) is 4.31 Å². The molecule has 5 rings (SSSR count). The van der Waals surface area contributed by atoms with Gasteiger partial charge in [0.15, 0.2) is 0 Å². The van der Waals surface area contributed by atoms with Gasteiger partial charge in [-0.3, -0.25) is 14.2 Å². The molecule has 1 amide bonds. The molecule has 4 aromatic rings. The summed E-state index contributed by atoms with van der Waals surface area (Å²) in [6, 6.07) is 18.8. The van der Waals surface area contributed by atoms with E-state index in [1.807, 2.05) is 0 Å². The lowest BCUT2D eigenvalue weighted by Crippen LogP contribution is -2.41. The van der Waals surface area contributed by atoms with Gasteiger partial charge in [0.25, 0.3) is 15.9 Å². The number of hydrogen-bond donors (Lipinski definition) is 2. The van der Waals surface area contributed by atoms with Crippen LogP contribution in [0.15, 0.2) is 82.8 Å². The fourth-order valence-electron chi connectivity index (χ4n) is 3.80. The van der Waals surface area contributed by atoms with E-state index >= 15 is 0 Å². The number of aromatic nitrogens is 2. The molecule has 3 aromatic carbocycles. The largest absolute Gasteiger partial charge is 0.275 e. The minimum absolute atomic E-state index is 0.0522. The fourth-order valence-corrected chi connectivity index (χ4v) is 5.63. The van der Waals surface area contributed by atoms with Crippen molar-refractivity contribution in [3.05, 3.63) is 89.2 Å². The predicted molar refractivity (Wildman–Crippen MR) is 131 cm³/mol. The molecule has 0 spiro atoms. The average Bonchev–Trinajstić information content (AvgIpc) is 3.28. The van der Waals surface area contributed by atoms with Crippen molar-refractivity contribution in [1.82, 2.24) is 15.6 Å². The zero-order valence-electron chi connectivity index (χ0n) is 17.9. The number of sulfonamides is 1. The van der Waals surface area contributed by atoms with Crippen LogP contribution in [0.2, 0.25) is 5.02 Å². The molecular weight excluding hydrogens is 493 g/mol. The zero-order valence-corrected chi connectivity index (χ0v) is 19.5. The number of hydrogen-bond acceptors (Lipinski definition) is 5. The Bertz CT molecular complexity index is 1570. The van der Waals surface area contributed by atoms with Gasteiger partial charge in [0.1, 0.15) is 23.7 Å². The van der Waals surface area contributed by atoms with Crippen LogP contribution in [-0.4, -0.2) is 37.3 Å². The van der Waals surface area contributed by atoms with Crippen LogP contribution in [0, 0.1) is 5.82 Å². The van der Waals surface area contributed by atoms with Gasteiger partial charge in [-0.2, -0.15) is 10.2 Å². The van der Waals surface area contributed by atoms with Crippen LogP contribution in [0.4, 0.5) is 10.1 Å². The number of benzene rings is 3. The minimum atomic E-state index is -4.10. The molecule has 1 aromatic heterocycles. The third kappa shape index (κ3) is 4.29. The summed E-state index contributed by atoms with van der Waals surface area (Å²) in [6.07, 6.45) is 1.33. The van der Waals surface area contributed by atoms with Gasteiger partial charge in [0.05, 0.1) is 16.8 Å². The molecule has 0 saturated carbocycles. The third-order valence-corrected chi connectivity index (χ3v) is 7.41. The van der Waals surface area contributed by atoms with E-state index in [-0.39, 0.29) is 10.6 Å². The summed E-state index contributed by atoms with van der Waals surface area (Å²) in [5, 5.41) is 11.6. The second kappa shape index (κ2) is 8.97. The van der Waals surface area contributed by atoms with E-state index in [2.05, 4.69) is 20.7 Å². The molecule has 0 atom stereocenters. The van der Waals surface area contributed by atoms with Gasteiger partial charge in [-0.1, -0.05) is 54.1 Å². The van der Waals surface area contributed by atoms with Crippen molar-refractivity contribution in [2.24, 2.45) is 5.10 Å². The number of rotatable bonds is 5. The summed E-state index contributed by atoms with van der Waals surface area (Å²) in [5.41, 5.74) is 4.97. The molecule has 0 bridgehead atoms. The van der Waals surface area contributed by atoms with Gasteiger partial charge >= 0.3 is 0 Å². The topological polar surface area (TPSA) is 108 Å². The fraction of sp³-hybridized carbons (Fsp3) is 0.0417. The van der Waals surface area contributed by atoms with Crippen molar-refractivity contribution in [2.45, 2.75) is 4.90 Å². The molecule has 176 valence electrons. The van der Waals surface area contributed by atoms with Gasteiger partial charge < -0.3 is 0 Å². The first-order valence-electron chi connectivity index (χ1n) is 10.4. The number of nitrogens with zero attached hydrogens (tertiary/aromatic N) is 3. The molecule has 11 heteroatoms. The highest BCUT2D eigenvalue weighted by Crippen LogP contribution is 2.46. The maximum atomic E-state index is 13.6. The SMILES string of the molecule is O=C(CN1c2c(-c3cccc(Cl)c3)n[nH]c2-c2ccccc2S1(=O)=O)NN=Cc1ccc(F)cc1. The molecule has 0 saturated heterocycles. The predicted octanol–water partition coefficient (Wildman–Crippen LogP) is 4.20. The van der Waals surface area contributed by atoms with Crippen molar-refractivity contribution in [2.75, 3.05) is 10.8 Å². The van der Waals surface area contributed by atoms with Crippen LogP contribution < -0.4 is 9.73 Å². The molecule has 0 radical (unpaired) electrons. The molecule has 0 unspecified atom stereocenters. The van der Waals surface area contributed by atoms with Crippen LogP contribution in [0.25, 0.3) is 22.5 Å². The Labute approximate surface area is 205 Å². The second-order valence-electron chi connectivity index (χ2n) is 7.66. The summed E-state index contributed by atoms with van der Waals surface area (Å²) in [7, 11) is -4.10. The quantitative estimate of drug-likeness (QED) is 0.310. The Morgan fingerprint density at radius 3 is 2.66 bits per heavy atom. The lowest BCUT2D eigenvalue weighted by molar-refractivity contribution is -0.119. The number of anilines is 1. The van der Waals surface area contributed by atoms with Crippen molar-refractivity contribution in [3.63, 3.8) is 0 Å². The van der Waals surface area contributed by atoms with Gasteiger partial charge in [-0.15, -0.1) is 0 Å². The van der Waals surface area contributed by atoms with Crippen molar-refractivity contribution in [3.8, 4) is 22.5 Å². The second-order valence-corrected chi connectivity index (χ2v) is 9.93. The van der Waals surface area contributed by atoms with Gasteiger partial charge in [0.2, 0.25) is 0 Å². The Morgan fingerprint density at radius 1 is 1.11 bits per heavy atom. The molecule has 1 aliphatic rings. The standard InChI is InChI=1S/C24H17ClFN5O3S/c25-17-5-3-4-16(12-17)22-24-23(30-29-22)19-6-1-2-7-20(19)35(33,34)31(24)14-21(32)28-27-13-15-8-10-18(26)11-9-15/h1-13H,14H2,(H,28,32)(H,29,30). The number of halogens is 2. The van der Waals surface area contributed by atoms with Crippen LogP contribution >= 0.6 is 11.6 Å². The normalized spacial score (nSPS) is 13.9. The summed E-state index contributed by atoms with van der Waals surface area (Å²) >= 11 is 6.15. The van der Waals surface area contributed by atoms with E-state index < -0.39 is 28.3 Å². The molecule has 0 fully saturated rings. The summed E-state index contributed by atoms with van der Waals surface area (Å²) in [6.45, 7) is -0.544. The van der Waals surface area contributed by atoms with Gasteiger partial charge in [-0.05, 0) is 35.9 Å². The van der Waals surface area contributed by atoms with Crippen LogP contribution in [0.5, 0.6) is 0 Å². The van der Waals surface area contributed by atoms with Crippen LogP contribution in [0.3, 0.4) is 0 Å². The highest BCUT2D eigenvalue weighted by atomic mass is 35.5. The number of H-pyrrole nitrogens is 1. The number of carbonyl (C=O) groups is 1. The minimum Gasteiger partial charge on any atom is -0.275 e. The Hall–Kier alpha value is -4.02. The Morgan fingerprint density at radius 2 is 1.89 bits per heavy atom. The van der Waals surface area contributed by atoms with E-state index in [9.17, 15) is 17.6 Å². The van der Waals surface area contributed by atoms with Crippen molar-refractivity contribution >= 4 is 39.4 Å². The molecule has 2 N–H and O–H groups in total. The lowest BCUT2D eigenvalue weighted by Gasteiger charge is -2.29. The number of nitrogens with one attached hydrogen (secondary N) is 2. The molecule has 1 aliphatic heterocycles. The number of hydrazone groups is 1. The molecule has 35 heavy (non-hydrogen) atoms. The van der Waals surface area contributed by atoms with Crippen molar-refractivity contribution in [1.29, 1.82) is 0 Å². The first-order chi connectivity index (χ1) is 16.8. The molecule has 2 heterocycles. The summed E-state index contributed by atoms with van der Waals surface area (Å²) < 4.78 is 41.2. The molecular formula is C24H17ClFN5O3S. The smallest absolute Gasteiger partial charge is 0.265 e. The van der Waals surface area contributed by atoms with Crippen LogP contribution in [-0.2, 0) is 14.8 Å². The zero-order chi connectivity index (χ0) is 24.6. The average molecular weight is 510 g/mol. The maximum Gasteiger partial charge on any atom is 0.265 e. The number of aromatic amines is 1. The van der Waals surface area contributed by atoms with E-state index in [1.165, 1.54) is 36.5 Å². The van der Waals surface area contributed by atoms with E-state index in [1.54, 1.807) is 42.5 Å². The number of fused-ring (bicyclic) bond motifs is 3. The number of amides is 1. The number of carbonyl (C=O) groups excluding carboxylic acids is 1. The van der Waals surface area contributed by atoms with E-state index in [0.29, 0.717) is 33.1 Å². The first kappa shape index (κ1) is 22.8. The Balaban J connectivity index is 1.51. The maximum absolute atomic E-state index is 13.6. The summed E-state index contributed by atoms with van der Waals surface area (Å²) in [4.78, 5) is 12.8. The molecule has 8 nitrogen and oxygen atoms in total. The van der Waals surface area contributed by atoms with Gasteiger partial charge in [0, 0.05) is 16.1 Å². The monoisotopic (exact) mass is 509 g/mol. The van der Waals surface area contributed by atoms with Crippen LogP contribution in [0.1, 0.15) is 5.56 Å². The van der Waals surface area contributed by atoms with Gasteiger partial charge in [-0.25, -0.2) is 18.2 Å². The van der Waals surface area contributed by atoms with E-state index in [4.69, 9.17) is 11.6 Å². The molecule has 0 aliphatic carbocycles. The summed E-state index contributed by atoms with van der Waals surface area (Å²) in [5.74, 6) is -1.07. The lowest BCUT2D eigenvalue weighted by atomic mass is 10.1.